The molecule has 0 aliphatic heterocycles. The molecule has 0 aliphatic rings. The summed E-state index contributed by atoms with van der Waals surface area (Å²) in [5.74, 6) is 0.828. The number of aromatic nitrogens is 1. The Bertz CT molecular complexity index is 895. The largest absolute Gasteiger partial charge is 0.508 e. The Morgan fingerprint density at radius 3 is 2.58 bits per heavy atom. The molecule has 6 heteroatoms. The van der Waals surface area contributed by atoms with Gasteiger partial charge in [0.25, 0.3) is 5.91 Å². The highest BCUT2D eigenvalue weighted by atomic mass is 16.5. The van der Waals surface area contributed by atoms with E-state index in [4.69, 9.17) is 10.5 Å². The lowest BCUT2D eigenvalue weighted by Crippen LogP contribution is -2.24. The summed E-state index contributed by atoms with van der Waals surface area (Å²) in [5.41, 5.74) is 7.70. The number of nitrogens with one attached hydrogen (secondary N) is 1. The second kappa shape index (κ2) is 8.02. The number of hydrogen-bond acceptors (Lipinski definition) is 5. The summed E-state index contributed by atoms with van der Waals surface area (Å²) in [4.78, 5) is 16.0. The minimum absolute atomic E-state index is 0.206. The normalized spacial score (nSPS) is 10.3. The van der Waals surface area contributed by atoms with E-state index in [1.807, 2.05) is 36.4 Å². The number of carbonyl (C=O) groups excluding carboxylic acids is 1. The van der Waals surface area contributed by atoms with E-state index in [9.17, 15) is 9.90 Å². The standard InChI is InChI=1S/C20H19N3O3/c21-19-17(5-3-11-22-19)20(25)23-12-14-7-9-16(10-8-14)26-13-15-4-1-2-6-18(15)24/h1-11,24H,12-13H2,(H2,21,22)(H,23,25). The smallest absolute Gasteiger partial charge is 0.255 e. The van der Waals surface area contributed by atoms with Crippen LogP contribution in [0.15, 0.2) is 66.9 Å². The van der Waals surface area contributed by atoms with Gasteiger partial charge in [-0.1, -0.05) is 30.3 Å². The average Bonchev–Trinajstić information content (AvgIpc) is 2.67. The number of amides is 1. The van der Waals surface area contributed by atoms with Gasteiger partial charge in [-0.2, -0.15) is 0 Å². The van der Waals surface area contributed by atoms with Crippen molar-refractivity contribution >= 4 is 11.7 Å². The number of nitrogens with zero attached hydrogens (tertiary/aromatic N) is 1. The van der Waals surface area contributed by atoms with E-state index in [-0.39, 0.29) is 24.1 Å². The Balaban J connectivity index is 1.54. The summed E-state index contributed by atoms with van der Waals surface area (Å²) < 4.78 is 5.67. The zero-order valence-corrected chi connectivity index (χ0v) is 14.1. The molecule has 1 amide bonds. The number of hydrogen-bond donors (Lipinski definition) is 3. The molecule has 0 fully saturated rings. The fourth-order valence-electron chi connectivity index (χ4n) is 2.38. The number of aromatic hydroxyl groups is 1. The topological polar surface area (TPSA) is 97.5 Å². The van der Waals surface area contributed by atoms with Crippen molar-refractivity contribution in [1.82, 2.24) is 10.3 Å². The summed E-state index contributed by atoms with van der Waals surface area (Å²) >= 11 is 0. The first-order valence-corrected chi connectivity index (χ1v) is 8.11. The molecule has 0 saturated carbocycles. The first kappa shape index (κ1) is 17.3. The molecule has 0 aliphatic carbocycles. The predicted molar refractivity (Wildman–Crippen MR) is 98.7 cm³/mol. The molecule has 132 valence electrons. The minimum atomic E-state index is -0.268. The second-order valence-electron chi connectivity index (χ2n) is 5.68. The van der Waals surface area contributed by atoms with Crippen molar-refractivity contribution in [2.24, 2.45) is 0 Å². The maximum Gasteiger partial charge on any atom is 0.255 e. The number of nitrogens with two attached hydrogens (primary N) is 1. The number of anilines is 1. The Labute approximate surface area is 151 Å². The first-order valence-electron chi connectivity index (χ1n) is 8.11. The molecule has 1 aromatic heterocycles. The molecule has 0 unspecified atom stereocenters. The molecule has 4 N–H and O–H groups in total. The van der Waals surface area contributed by atoms with Crippen LogP contribution in [0.4, 0.5) is 5.82 Å². The molecule has 6 nitrogen and oxygen atoms in total. The number of rotatable bonds is 6. The lowest BCUT2D eigenvalue weighted by Gasteiger charge is -2.09. The summed E-state index contributed by atoms with van der Waals surface area (Å²) in [6.07, 6.45) is 1.54. The van der Waals surface area contributed by atoms with Gasteiger partial charge >= 0.3 is 0 Å². The van der Waals surface area contributed by atoms with Gasteiger partial charge in [0.1, 0.15) is 23.9 Å². The van der Waals surface area contributed by atoms with Gasteiger partial charge in [0.15, 0.2) is 0 Å². The number of nitrogen functional groups attached to an aromatic ring is 1. The number of pyridine rings is 1. The summed E-state index contributed by atoms with van der Waals surface area (Å²) in [6.45, 7) is 0.649. The minimum Gasteiger partial charge on any atom is -0.508 e. The molecule has 1 heterocycles. The quantitative estimate of drug-likeness (QED) is 0.636. The first-order chi connectivity index (χ1) is 12.6. The highest BCUT2D eigenvalue weighted by molar-refractivity contribution is 5.98. The van der Waals surface area contributed by atoms with Gasteiger partial charge in [-0.3, -0.25) is 4.79 Å². The molecule has 0 atom stereocenters. The van der Waals surface area contributed by atoms with Crippen LogP contribution in [0.1, 0.15) is 21.5 Å². The molecule has 26 heavy (non-hydrogen) atoms. The van der Waals surface area contributed by atoms with Crippen LogP contribution in [-0.4, -0.2) is 16.0 Å². The van der Waals surface area contributed by atoms with Gasteiger partial charge in [-0.25, -0.2) is 4.98 Å². The van der Waals surface area contributed by atoms with E-state index in [1.165, 1.54) is 0 Å². The van der Waals surface area contributed by atoms with Crippen LogP contribution in [0.3, 0.4) is 0 Å². The van der Waals surface area contributed by atoms with E-state index < -0.39 is 0 Å². The zero-order valence-electron chi connectivity index (χ0n) is 14.1. The third kappa shape index (κ3) is 4.30. The molecular formula is C20H19N3O3. The van der Waals surface area contributed by atoms with Gasteiger partial charge in [0.05, 0.1) is 5.56 Å². The van der Waals surface area contributed by atoms with Crippen LogP contribution < -0.4 is 15.8 Å². The molecule has 0 spiro atoms. The summed E-state index contributed by atoms with van der Waals surface area (Å²) in [6, 6.07) is 17.7. The highest BCUT2D eigenvalue weighted by Crippen LogP contribution is 2.19. The maximum atomic E-state index is 12.1. The van der Waals surface area contributed by atoms with E-state index in [0.29, 0.717) is 17.9 Å². The predicted octanol–water partition coefficient (Wildman–Crippen LogP) is 2.88. The lowest BCUT2D eigenvalue weighted by atomic mass is 10.2. The number of phenolic OH excluding ortho intramolecular Hbond substituents is 1. The van der Waals surface area contributed by atoms with Gasteiger partial charge in [0.2, 0.25) is 0 Å². The summed E-state index contributed by atoms with van der Waals surface area (Å²) in [5, 5.41) is 12.5. The number of benzene rings is 2. The SMILES string of the molecule is Nc1ncccc1C(=O)NCc1ccc(OCc2ccccc2O)cc1. The molecule has 0 saturated heterocycles. The maximum absolute atomic E-state index is 12.1. The lowest BCUT2D eigenvalue weighted by molar-refractivity contribution is 0.0951. The van der Waals surface area contributed by atoms with Crippen molar-refractivity contribution in [3.8, 4) is 11.5 Å². The number of carbonyl (C=O) groups is 1. The van der Waals surface area contributed by atoms with Crippen LogP contribution in [0.5, 0.6) is 11.5 Å². The Morgan fingerprint density at radius 2 is 1.85 bits per heavy atom. The Kier molecular flexibility index (Phi) is 5.34. The fourth-order valence-corrected chi connectivity index (χ4v) is 2.38. The van der Waals surface area contributed by atoms with Crippen molar-refractivity contribution in [2.45, 2.75) is 13.2 Å². The zero-order chi connectivity index (χ0) is 18.4. The monoisotopic (exact) mass is 349 g/mol. The molecule has 0 bridgehead atoms. The van der Waals surface area contributed by atoms with Crippen LogP contribution in [0.2, 0.25) is 0 Å². The molecule has 3 aromatic rings. The van der Waals surface area contributed by atoms with Gasteiger partial charge < -0.3 is 20.9 Å². The van der Waals surface area contributed by atoms with E-state index in [2.05, 4.69) is 10.3 Å². The highest BCUT2D eigenvalue weighted by Gasteiger charge is 2.09. The Hall–Kier alpha value is -3.54. The van der Waals surface area contributed by atoms with E-state index >= 15 is 0 Å². The third-order valence-corrected chi connectivity index (χ3v) is 3.85. The molecule has 2 aromatic carbocycles. The van der Waals surface area contributed by atoms with Crippen molar-refractivity contribution in [3.05, 3.63) is 83.6 Å². The van der Waals surface area contributed by atoms with Gasteiger partial charge in [-0.05, 0) is 35.9 Å². The fraction of sp³-hybridized carbons (Fsp3) is 0.100. The molecule has 3 rings (SSSR count). The average molecular weight is 349 g/mol. The van der Waals surface area contributed by atoms with Crippen molar-refractivity contribution in [2.75, 3.05) is 5.73 Å². The summed E-state index contributed by atoms with van der Waals surface area (Å²) in [7, 11) is 0. The molecular weight excluding hydrogens is 330 g/mol. The van der Waals surface area contributed by atoms with Crippen LogP contribution in [0.25, 0.3) is 0 Å². The van der Waals surface area contributed by atoms with Crippen LogP contribution in [-0.2, 0) is 13.2 Å². The van der Waals surface area contributed by atoms with Crippen molar-refractivity contribution in [1.29, 1.82) is 0 Å². The third-order valence-electron chi connectivity index (χ3n) is 3.85. The van der Waals surface area contributed by atoms with Crippen LogP contribution >= 0.6 is 0 Å². The van der Waals surface area contributed by atoms with E-state index in [1.54, 1.807) is 30.5 Å². The van der Waals surface area contributed by atoms with Crippen molar-refractivity contribution < 1.29 is 14.6 Å². The molecule has 0 radical (unpaired) electrons. The van der Waals surface area contributed by atoms with E-state index in [0.717, 1.165) is 11.1 Å². The van der Waals surface area contributed by atoms with Gasteiger partial charge in [-0.15, -0.1) is 0 Å². The van der Waals surface area contributed by atoms with Gasteiger partial charge in [0, 0.05) is 18.3 Å². The number of ether oxygens (including phenoxy) is 1. The van der Waals surface area contributed by atoms with Crippen LogP contribution in [0, 0.1) is 0 Å². The Morgan fingerprint density at radius 1 is 1.08 bits per heavy atom. The number of phenols is 1. The second-order valence-corrected chi connectivity index (χ2v) is 5.68. The van der Waals surface area contributed by atoms with Crippen molar-refractivity contribution in [3.63, 3.8) is 0 Å². The number of para-hydroxylation sites is 1.